The van der Waals surface area contributed by atoms with Crippen molar-refractivity contribution in [2.45, 2.75) is 19.1 Å². The third-order valence-electron chi connectivity index (χ3n) is 1.30. The van der Waals surface area contributed by atoms with Gasteiger partial charge < -0.3 is 4.74 Å². The number of rotatable bonds is 2. The zero-order valence-corrected chi connectivity index (χ0v) is 7.71. The van der Waals surface area contributed by atoms with Crippen molar-refractivity contribution in [2.75, 3.05) is 6.61 Å². The van der Waals surface area contributed by atoms with E-state index < -0.39 is 29.5 Å². The fourth-order valence-electron chi connectivity index (χ4n) is 0.659. The van der Waals surface area contributed by atoms with Crippen LogP contribution in [0.2, 0.25) is 0 Å². The van der Waals surface area contributed by atoms with Crippen LogP contribution in [-0.2, 0) is 29.3 Å². The molecule has 3 atom stereocenters. The summed E-state index contributed by atoms with van der Waals surface area (Å²) in [4.78, 5) is 11.1. The van der Waals surface area contributed by atoms with Crippen molar-refractivity contribution in [2.24, 2.45) is 0 Å². The number of hydrogen-bond acceptors (Lipinski definition) is 5. The average molecular weight is 204 g/mol. The monoisotopic (exact) mass is 204 g/mol. The van der Waals surface area contributed by atoms with Gasteiger partial charge in [0.05, 0.1) is 0 Å². The Morgan fingerprint density at radius 2 is 2.54 bits per heavy atom. The Balaban J connectivity index is 2.41. The maximum Gasteiger partial charge on any atom is 0.340 e. The van der Waals surface area contributed by atoms with E-state index in [9.17, 15) is 9.00 Å². The maximum absolute atomic E-state index is 11.1. The number of hydrogen-bond donors (Lipinski definition) is 0. The van der Waals surface area contributed by atoms with Crippen LogP contribution in [0, 0.1) is 12.3 Å². The van der Waals surface area contributed by atoms with E-state index in [1.165, 1.54) is 0 Å². The van der Waals surface area contributed by atoms with Gasteiger partial charge in [-0.3, -0.25) is 8.37 Å². The van der Waals surface area contributed by atoms with Gasteiger partial charge in [-0.1, -0.05) is 5.92 Å². The second-order valence-electron chi connectivity index (χ2n) is 2.32. The van der Waals surface area contributed by atoms with Gasteiger partial charge in [0.25, 0.3) is 0 Å². The Bertz CT molecular complexity index is 269. The van der Waals surface area contributed by atoms with Gasteiger partial charge in [0.1, 0.15) is 6.61 Å². The predicted octanol–water partition coefficient (Wildman–Crippen LogP) is -0.455. The van der Waals surface area contributed by atoms with E-state index in [1.54, 1.807) is 6.92 Å². The van der Waals surface area contributed by atoms with Crippen molar-refractivity contribution in [3.8, 4) is 12.3 Å². The first-order chi connectivity index (χ1) is 6.13. The van der Waals surface area contributed by atoms with Crippen molar-refractivity contribution in [3.63, 3.8) is 0 Å². The molecular formula is C7H8O5S. The fraction of sp³-hybridized carbons (Fsp3) is 0.571. The molecule has 1 rings (SSSR count). The Morgan fingerprint density at radius 1 is 1.85 bits per heavy atom. The van der Waals surface area contributed by atoms with Crippen molar-refractivity contribution in [3.05, 3.63) is 0 Å². The molecule has 0 radical (unpaired) electrons. The van der Waals surface area contributed by atoms with E-state index in [1.807, 2.05) is 0 Å². The number of esters is 1. The molecule has 0 aliphatic carbocycles. The highest BCUT2D eigenvalue weighted by molar-refractivity contribution is 7.75. The Labute approximate surface area is 78.2 Å². The second kappa shape index (κ2) is 4.37. The summed E-state index contributed by atoms with van der Waals surface area (Å²) in [5, 5.41) is 0. The molecule has 0 bridgehead atoms. The van der Waals surface area contributed by atoms with Crippen LogP contribution in [-0.4, -0.2) is 29.0 Å². The summed E-state index contributed by atoms with van der Waals surface area (Å²) in [5.74, 6) is 1.56. The first-order valence-electron chi connectivity index (χ1n) is 3.52. The molecule has 0 N–H and O–H groups in total. The minimum atomic E-state index is -1.84. The summed E-state index contributed by atoms with van der Waals surface area (Å²) in [6, 6.07) is 0. The molecule has 0 aromatic heterocycles. The van der Waals surface area contributed by atoms with Crippen molar-refractivity contribution in [1.29, 1.82) is 0 Å². The van der Waals surface area contributed by atoms with Gasteiger partial charge in [0, 0.05) is 0 Å². The van der Waals surface area contributed by atoms with E-state index in [4.69, 9.17) is 11.2 Å². The highest BCUT2D eigenvalue weighted by atomic mass is 32.2. The lowest BCUT2D eigenvalue weighted by atomic mass is 10.4. The molecule has 0 spiro atoms. The van der Waals surface area contributed by atoms with Crippen molar-refractivity contribution in [1.82, 2.24) is 0 Å². The molecule has 1 saturated heterocycles. The lowest BCUT2D eigenvalue weighted by Gasteiger charge is -2.08. The van der Waals surface area contributed by atoms with Gasteiger partial charge in [-0.15, -0.1) is 6.42 Å². The van der Waals surface area contributed by atoms with Crippen LogP contribution in [0.5, 0.6) is 0 Å². The molecule has 6 heteroatoms. The minimum absolute atomic E-state index is 0.0667. The molecule has 1 fully saturated rings. The van der Waals surface area contributed by atoms with Gasteiger partial charge in [-0.2, -0.15) is 4.21 Å². The summed E-state index contributed by atoms with van der Waals surface area (Å²) in [6.07, 6.45) is 3.43. The van der Waals surface area contributed by atoms with E-state index in [2.05, 4.69) is 14.3 Å². The average Bonchev–Trinajstić information content (AvgIpc) is 2.51. The predicted molar refractivity (Wildman–Crippen MR) is 43.4 cm³/mol. The molecule has 1 heterocycles. The Morgan fingerprint density at radius 3 is 3.00 bits per heavy atom. The van der Waals surface area contributed by atoms with Crippen LogP contribution in [0.25, 0.3) is 0 Å². The van der Waals surface area contributed by atoms with E-state index in [-0.39, 0.29) is 6.61 Å². The normalized spacial score (nSPS) is 29.2. The van der Waals surface area contributed by atoms with Gasteiger partial charge >= 0.3 is 17.3 Å². The Hall–Kier alpha value is -0.900. The number of terminal acetylenes is 1. The quantitative estimate of drug-likeness (QED) is 0.450. The summed E-state index contributed by atoms with van der Waals surface area (Å²) in [6.45, 7) is 1.48. The lowest BCUT2D eigenvalue weighted by molar-refractivity contribution is -0.153. The molecular weight excluding hydrogens is 196 g/mol. The molecule has 13 heavy (non-hydrogen) atoms. The van der Waals surface area contributed by atoms with Crippen molar-refractivity contribution < 1.29 is 22.1 Å². The van der Waals surface area contributed by atoms with Gasteiger partial charge in [0.2, 0.25) is 0 Å². The fourth-order valence-corrected chi connectivity index (χ4v) is 1.27. The first kappa shape index (κ1) is 10.2. The van der Waals surface area contributed by atoms with Crippen LogP contribution >= 0.6 is 0 Å². The van der Waals surface area contributed by atoms with Crippen molar-refractivity contribution >= 4 is 17.3 Å². The van der Waals surface area contributed by atoms with Crippen LogP contribution in [0.3, 0.4) is 0 Å². The summed E-state index contributed by atoms with van der Waals surface area (Å²) < 4.78 is 24.3. The summed E-state index contributed by atoms with van der Waals surface area (Å²) >= 11 is -1.84. The van der Waals surface area contributed by atoms with E-state index >= 15 is 0 Å². The highest BCUT2D eigenvalue weighted by Gasteiger charge is 2.32. The number of carbonyl (C=O) groups excluding carboxylic acids is 1. The second-order valence-corrected chi connectivity index (χ2v) is 3.16. The van der Waals surface area contributed by atoms with Gasteiger partial charge in [0.15, 0.2) is 12.2 Å². The van der Waals surface area contributed by atoms with E-state index in [0.717, 1.165) is 0 Å². The largest absolute Gasteiger partial charge is 0.447 e. The molecule has 0 saturated carbocycles. The highest BCUT2D eigenvalue weighted by Crippen LogP contribution is 2.10. The third-order valence-corrected chi connectivity index (χ3v) is 2.02. The minimum Gasteiger partial charge on any atom is -0.447 e. The van der Waals surface area contributed by atoms with Gasteiger partial charge in [-0.05, 0) is 6.92 Å². The molecule has 3 unspecified atom stereocenters. The molecule has 1 aliphatic heterocycles. The van der Waals surface area contributed by atoms with Crippen LogP contribution in [0.4, 0.5) is 0 Å². The maximum atomic E-state index is 11.1. The summed E-state index contributed by atoms with van der Waals surface area (Å²) in [5.41, 5.74) is 0. The third kappa shape index (κ3) is 2.81. The molecule has 0 aromatic rings. The molecule has 0 amide bonds. The number of ether oxygens (including phenoxy) is 1. The van der Waals surface area contributed by atoms with Crippen LogP contribution in [0.1, 0.15) is 6.92 Å². The molecule has 72 valence electrons. The van der Waals surface area contributed by atoms with Gasteiger partial charge in [-0.25, -0.2) is 4.79 Å². The zero-order valence-electron chi connectivity index (χ0n) is 6.89. The summed E-state index contributed by atoms with van der Waals surface area (Å²) in [7, 11) is 0. The standard InChI is InChI=1S/C7H8O5S/c1-3-5(2)11-7(8)6-4-10-13(9)12-6/h1,5-6H,4H2,2H3. The SMILES string of the molecule is C#CC(C)OC(=O)C1COS(=O)O1. The number of carbonyl (C=O) groups is 1. The van der Waals surface area contributed by atoms with E-state index in [0.29, 0.717) is 0 Å². The topological polar surface area (TPSA) is 61.8 Å². The lowest BCUT2D eigenvalue weighted by Crippen LogP contribution is -2.28. The molecule has 5 nitrogen and oxygen atoms in total. The smallest absolute Gasteiger partial charge is 0.340 e. The van der Waals surface area contributed by atoms with Crippen LogP contribution in [0.15, 0.2) is 0 Å². The molecule has 0 aromatic carbocycles. The first-order valence-corrected chi connectivity index (χ1v) is 4.52. The Kier molecular flexibility index (Phi) is 3.42. The zero-order chi connectivity index (χ0) is 9.84. The molecule has 1 aliphatic rings. The van der Waals surface area contributed by atoms with Crippen LogP contribution < -0.4 is 0 Å².